The third-order valence-corrected chi connectivity index (χ3v) is 4.97. The van der Waals surface area contributed by atoms with Crippen molar-refractivity contribution < 1.29 is 19.1 Å². The number of aryl methyl sites for hydroxylation is 1. The molecule has 1 fully saturated rings. The largest absolute Gasteiger partial charge is 0.494 e. The molecule has 0 radical (unpaired) electrons. The summed E-state index contributed by atoms with van der Waals surface area (Å²) in [6, 6.07) is 4.04. The molecule has 1 aliphatic heterocycles. The number of rotatable bonds is 6. The molecule has 7 heteroatoms. The van der Waals surface area contributed by atoms with Crippen molar-refractivity contribution in [3.8, 4) is 5.75 Å². The van der Waals surface area contributed by atoms with Crippen LogP contribution in [0.2, 0.25) is 0 Å². The summed E-state index contributed by atoms with van der Waals surface area (Å²) in [5, 5.41) is 0.282. The molecule has 1 saturated heterocycles. The van der Waals surface area contributed by atoms with Gasteiger partial charge in [0.1, 0.15) is 18.0 Å². The van der Waals surface area contributed by atoms with Gasteiger partial charge in [-0.2, -0.15) is 0 Å². The normalized spacial score (nSPS) is 15.9. The van der Waals surface area contributed by atoms with Crippen LogP contribution in [0.25, 0.3) is 6.08 Å². The molecule has 1 aromatic carbocycles. The van der Waals surface area contributed by atoms with Gasteiger partial charge in [0, 0.05) is 7.05 Å². The molecule has 0 spiro atoms. The standard InChI is InChI=1S/C20H26N2O4S/c1-7-26-17-8-13(4)14(9-15(17)12(2)3)10-16-19(24)22(11-18(23)25-6)20(27)21(16)5/h8-10,12H,7,11H2,1-6H3/b16-10-. The zero-order chi connectivity index (χ0) is 20.3. The van der Waals surface area contributed by atoms with Gasteiger partial charge in [0.15, 0.2) is 5.11 Å². The molecule has 0 bridgehead atoms. The Morgan fingerprint density at radius 1 is 1.33 bits per heavy atom. The van der Waals surface area contributed by atoms with Crippen LogP contribution in [0.5, 0.6) is 5.75 Å². The molecular weight excluding hydrogens is 364 g/mol. The molecule has 1 amide bonds. The van der Waals surface area contributed by atoms with Crippen LogP contribution in [0, 0.1) is 6.92 Å². The fourth-order valence-corrected chi connectivity index (χ4v) is 3.14. The van der Waals surface area contributed by atoms with Crippen molar-refractivity contribution in [2.45, 2.75) is 33.6 Å². The first-order valence-corrected chi connectivity index (χ1v) is 9.27. The van der Waals surface area contributed by atoms with Gasteiger partial charge in [-0.1, -0.05) is 13.8 Å². The van der Waals surface area contributed by atoms with Gasteiger partial charge < -0.3 is 14.4 Å². The van der Waals surface area contributed by atoms with Gasteiger partial charge in [0.2, 0.25) is 0 Å². The molecule has 1 aliphatic rings. The topological polar surface area (TPSA) is 59.1 Å². The number of likely N-dealkylation sites (N-methyl/N-ethyl adjacent to an activating group) is 1. The molecule has 27 heavy (non-hydrogen) atoms. The predicted molar refractivity (Wildman–Crippen MR) is 109 cm³/mol. The first kappa shape index (κ1) is 20.9. The van der Waals surface area contributed by atoms with Crippen molar-refractivity contribution in [1.82, 2.24) is 9.80 Å². The maximum absolute atomic E-state index is 12.8. The van der Waals surface area contributed by atoms with Crippen LogP contribution in [-0.2, 0) is 14.3 Å². The van der Waals surface area contributed by atoms with Crippen LogP contribution in [0.3, 0.4) is 0 Å². The zero-order valence-corrected chi connectivity index (χ0v) is 17.5. The van der Waals surface area contributed by atoms with Gasteiger partial charge in [0.25, 0.3) is 5.91 Å². The van der Waals surface area contributed by atoms with E-state index in [1.54, 1.807) is 11.9 Å². The summed E-state index contributed by atoms with van der Waals surface area (Å²) in [7, 11) is 3.00. The third-order valence-electron chi connectivity index (χ3n) is 4.47. The second kappa shape index (κ2) is 8.52. The number of carbonyl (C=O) groups is 2. The monoisotopic (exact) mass is 390 g/mol. The highest BCUT2D eigenvalue weighted by Crippen LogP contribution is 2.32. The minimum absolute atomic E-state index is 0.199. The van der Waals surface area contributed by atoms with Crippen LogP contribution in [-0.4, -0.2) is 54.1 Å². The molecule has 0 aromatic heterocycles. The lowest BCUT2D eigenvalue weighted by Crippen LogP contribution is -2.36. The van der Waals surface area contributed by atoms with E-state index in [-0.39, 0.29) is 23.5 Å². The molecule has 0 atom stereocenters. The van der Waals surface area contributed by atoms with E-state index in [2.05, 4.69) is 18.6 Å². The third kappa shape index (κ3) is 4.30. The first-order chi connectivity index (χ1) is 12.7. The van der Waals surface area contributed by atoms with Crippen LogP contribution in [0.15, 0.2) is 17.8 Å². The summed E-state index contributed by atoms with van der Waals surface area (Å²) >= 11 is 5.32. The van der Waals surface area contributed by atoms with Crippen LogP contribution < -0.4 is 4.74 Å². The zero-order valence-electron chi connectivity index (χ0n) is 16.7. The van der Waals surface area contributed by atoms with Gasteiger partial charge in [-0.25, -0.2) is 0 Å². The Balaban J connectivity index is 2.45. The van der Waals surface area contributed by atoms with Gasteiger partial charge in [-0.15, -0.1) is 0 Å². The van der Waals surface area contributed by atoms with E-state index in [4.69, 9.17) is 17.0 Å². The Bertz CT molecular complexity index is 801. The van der Waals surface area contributed by atoms with E-state index in [0.717, 1.165) is 22.4 Å². The Labute approximate surface area is 165 Å². The van der Waals surface area contributed by atoms with Crippen LogP contribution in [0.1, 0.15) is 43.4 Å². The molecular formula is C20H26N2O4S. The van der Waals surface area contributed by atoms with Crippen molar-refractivity contribution >= 4 is 35.3 Å². The minimum atomic E-state index is -0.514. The molecule has 1 heterocycles. The molecule has 6 nitrogen and oxygen atoms in total. The lowest BCUT2D eigenvalue weighted by molar-refractivity contribution is -0.143. The number of carbonyl (C=O) groups excluding carboxylic acids is 2. The Morgan fingerprint density at radius 3 is 2.56 bits per heavy atom. The fourth-order valence-electron chi connectivity index (χ4n) is 2.89. The van der Waals surface area contributed by atoms with E-state index in [1.807, 2.05) is 32.1 Å². The van der Waals surface area contributed by atoms with Crippen LogP contribution >= 0.6 is 12.2 Å². The quantitative estimate of drug-likeness (QED) is 0.423. The van der Waals surface area contributed by atoms with Crippen molar-refractivity contribution in [1.29, 1.82) is 0 Å². The summed E-state index contributed by atoms with van der Waals surface area (Å²) in [5.41, 5.74) is 3.41. The van der Waals surface area contributed by atoms with Gasteiger partial charge in [-0.05, 0) is 66.9 Å². The number of amides is 1. The molecule has 0 N–H and O–H groups in total. The summed E-state index contributed by atoms with van der Waals surface area (Å²) in [6.45, 7) is 8.53. The van der Waals surface area contributed by atoms with E-state index in [1.165, 1.54) is 12.0 Å². The summed E-state index contributed by atoms with van der Waals surface area (Å²) in [6.07, 6.45) is 1.81. The lowest BCUT2D eigenvalue weighted by Gasteiger charge is -2.17. The average Bonchev–Trinajstić information content (AvgIpc) is 2.81. The number of ether oxygens (including phenoxy) is 2. The van der Waals surface area contributed by atoms with Gasteiger partial charge in [-0.3, -0.25) is 14.5 Å². The van der Waals surface area contributed by atoms with Gasteiger partial charge >= 0.3 is 5.97 Å². The number of thiocarbonyl (C=S) groups is 1. The van der Waals surface area contributed by atoms with E-state index >= 15 is 0 Å². The molecule has 146 valence electrons. The lowest BCUT2D eigenvalue weighted by atomic mass is 9.96. The highest BCUT2D eigenvalue weighted by molar-refractivity contribution is 7.80. The first-order valence-electron chi connectivity index (χ1n) is 8.86. The van der Waals surface area contributed by atoms with Crippen molar-refractivity contribution in [3.63, 3.8) is 0 Å². The summed E-state index contributed by atoms with van der Waals surface area (Å²) in [4.78, 5) is 27.2. The molecule has 1 aromatic rings. The highest BCUT2D eigenvalue weighted by atomic mass is 32.1. The second-order valence-electron chi connectivity index (χ2n) is 6.67. The fraction of sp³-hybridized carbons (Fsp3) is 0.450. The highest BCUT2D eigenvalue weighted by Gasteiger charge is 2.37. The van der Waals surface area contributed by atoms with Crippen molar-refractivity contribution in [2.75, 3.05) is 27.3 Å². The molecule has 2 rings (SSSR count). The smallest absolute Gasteiger partial charge is 0.325 e. The number of hydrogen-bond donors (Lipinski definition) is 0. The Hall–Kier alpha value is -2.41. The summed E-state index contributed by atoms with van der Waals surface area (Å²) in [5.74, 6) is 0.311. The number of esters is 1. The number of methoxy groups -OCH3 is 1. The SMILES string of the molecule is CCOc1cc(C)c(/C=C2/C(=O)N(CC(=O)OC)C(=S)N2C)cc1C(C)C. The Morgan fingerprint density at radius 2 is 2.00 bits per heavy atom. The van der Waals surface area contributed by atoms with Crippen LogP contribution in [0.4, 0.5) is 0 Å². The maximum atomic E-state index is 12.8. The number of benzene rings is 1. The number of nitrogens with zero attached hydrogens (tertiary/aromatic N) is 2. The van der Waals surface area contributed by atoms with E-state index in [0.29, 0.717) is 12.3 Å². The predicted octanol–water partition coefficient (Wildman–Crippen LogP) is 3.09. The van der Waals surface area contributed by atoms with Crippen molar-refractivity contribution in [3.05, 3.63) is 34.5 Å². The average molecular weight is 391 g/mol. The summed E-state index contributed by atoms with van der Waals surface area (Å²) < 4.78 is 10.4. The number of hydrogen-bond acceptors (Lipinski definition) is 5. The van der Waals surface area contributed by atoms with Crippen molar-refractivity contribution in [2.24, 2.45) is 0 Å². The Kier molecular flexibility index (Phi) is 6.59. The molecule has 0 unspecified atom stereocenters. The van der Waals surface area contributed by atoms with E-state index < -0.39 is 5.97 Å². The minimum Gasteiger partial charge on any atom is -0.494 e. The maximum Gasteiger partial charge on any atom is 0.325 e. The van der Waals surface area contributed by atoms with Gasteiger partial charge in [0.05, 0.1) is 13.7 Å². The van der Waals surface area contributed by atoms with E-state index in [9.17, 15) is 9.59 Å². The second-order valence-corrected chi connectivity index (χ2v) is 7.04. The molecule has 0 aliphatic carbocycles. The molecule has 0 saturated carbocycles.